The molecule has 0 aromatic heterocycles. The van der Waals surface area contributed by atoms with E-state index in [-0.39, 0.29) is 17.0 Å². The minimum atomic E-state index is -3.68. The Bertz CT molecular complexity index is 621. The Morgan fingerprint density at radius 3 is 2.41 bits per heavy atom. The van der Waals surface area contributed by atoms with Gasteiger partial charge in [-0.3, -0.25) is 0 Å². The van der Waals surface area contributed by atoms with Crippen molar-refractivity contribution in [2.24, 2.45) is 0 Å². The van der Waals surface area contributed by atoms with Crippen LogP contribution in [0, 0.1) is 29.6 Å². The van der Waals surface area contributed by atoms with Crippen molar-refractivity contribution < 1.29 is 8.42 Å². The van der Waals surface area contributed by atoms with Crippen LogP contribution in [0.3, 0.4) is 0 Å². The van der Waals surface area contributed by atoms with Crippen LogP contribution in [-0.2, 0) is 10.0 Å². The Kier molecular flexibility index (Phi) is 3.84. The fourth-order valence-electron chi connectivity index (χ4n) is 1.44. The summed E-state index contributed by atoms with van der Waals surface area (Å²) in [6.45, 7) is 3.45. The van der Waals surface area contributed by atoms with Crippen LogP contribution in [0.15, 0.2) is 17.0 Å². The third kappa shape index (κ3) is 2.44. The van der Waals surface area contributed by atoms with Gasteiger partial charge in [0, 0.05) is 6.54 Å². The third-order valence-electron chi connectivity index (χ3n) is 2.28. The largest absolute Gasteiger partial charge is 0.241 e. The number of sulfonamides is 1. The molecule has 6 heteroatoms. The maximum absolute atomic E-state index is 11.8. The first-order valence-corrected chi connectivity index (χ1v) is 6.39. The van der Waals surface area contributed by atoms with E-state index in [0.717, 1.165) is 0 Å². The molecule has 88 valence electrons. The first kappa shape index (κ1) is 13.2. The van der Waals surface area contributed by atoms with E-state index in [9.17, 15) is 8.42 Å². The van der Waals surface area contributed by atoms with Gasteiger partial charge in [0.1, 0.15) is 11.0 Å². The second kappa shape index (κ2) is 4.96. The Balaban J connectivity index is 3.55. The highest BCUT2D eigenvalue weighted by Gasteiger charge is 2.20. The zero-order valence-corrected chi connectivity index (χ0v) is 10.3. The maximum Gasteiger partial charge on any atom is 0.241 e. The van der Waals surface area contributed by atoms with Gasteiger partial charge in [0.2, 0.25) is 10.0 Å². The molecule has 0 aliphatic heterocycles. The lowest BCUT2D eigenvalue weighted by molar-refractivity contribution is 0.583. The van der Waals surface area contributed by atoms with E-state index in [4.69, 9.17) is 10.5 Å². The molecule has 0 aliphatic carbocycles. The summed E-state index contributed by atoms with van der Waals surface area (Å²) in [7, 11) is -3.68. The van der Waals surface area contributed by atoms with Crippen molar-refractivity contribution in [2.45, 2.75) is 18.7 Å². The molecule has 0 radical (unpaired) electrons. The first-order valence-electron chi connectivity index (χ1n) is 4.91. The van der Waals surface area contributed by atoms with Gasteiger partial charge in [0.05, 0.1) is 17.2 Å². The molecule has 1 aromatic rings. The molecule has 0 heterocycles. The van der Waals surface area contributed by atoms with Crippen LogP contribution in [0.2, 0.25) is 0 Å². The molecule has 0 aliphatic rings. The van der Waals surface area contributed by atoms with E-state index in [0.29, 0.717) is 11.1 Å². The van der Waals surface area contributed by atoms with Gasteiger partial charge in [0.15, 0.2) is 0 Å². The molecular weight excluding hydrogens is 238 g/mol. The van der Waals surface area contributed by atoms with Crippen LogP contribution in [0.1, 0.15) is 23.6 Å². The lowest BCUT2D eigenvalue weighted by Crippen LogP contribution is -2.24. The molecule has 0 fully saturated rings. The predicted octanol–water partition coefficient (Wildman–Crippen LogP) is 1.04. The Hall–Kier alpha value is -1.89. The van der Waals surface area contributed by atoms with Crippen molar-refractivity contribution in [2.75, 3.05) is 6.54 Å². The summed E-state index contributed by atoms with van der Waals surface area (Å²) in [4.78, 5) is -0.0849. The number of nitrogens with one attached hydrogen (secondary N) is 1. The van der Waals surface area contributed by atoms with Gasteiger partial charge in [-0.1, -0.05) is 6.92 Å². The van der Waals surface area contributed by atoms with Crippen LogP contribution in [0.5, 0.6) is 0 Å². The summed E-state index contributed by atoms with van der Waals surface area (Å²) < 4.78 is 26.0. The lowest BCUT2D eigenvalue weighted by Gasteiger charge is -2.09. The van der Waals surface area contributed by atoms with E-state index < -0.39 is 10.0 Å². The number of benzene rings is 1. The van der Waals surface area contributed by atoms with Gasteiger partial charge in [-0.25, -0.2) is 13.1 Å². The van der Waals surface area contributed by atoms with Gasteiger partial charge in [-0.2, -0.15) is 10.5 Å². The smallest absolute Gasteiger partial charge is 0.211 e. The molecule has 0 atom stereocenters. The molecule has 0 amide bonds. The van der Waals surface area contributed by atoms with Gasteiger partial charge in [0.25, 0.3) is 0 Å². The zero-order chi connectivity index (χ0) is 13.1. The summed E-state index contributed by atoms with van der Waals surface area (Å²) >= 11 is 0. The van der Waals surface area contributed by atoms with Gasteiger partial charge >= 0.3 is 0 Å². The number of nitriles is 2. The summed E-state index contributed by atoms with van der Waals surface area (Å²) in [6.07, 6.45) is 0. The van der Waals surface area contributed by atoms with E-state index in [1.807, 2.05) is 12.1 Å². The fraction of sp³-hybridized carbons (Fsp3) is 0.273. The van der Waals surface area contributed by atoms with Crippen molar-refractivity contribution in [3.05, 3.63) is 28.8 Å². The van der Waals surface area contributed by atoms with E-state index in [1.54, 1.807) is 13.8 Å². The van der Waals surface area contributed by atoms with Crippen molar-refractivity contribution in [1.29, 1.82) is 10.5 Å². The first-order chi connectivity index (χ1) is 7.97. The van der Waals surface area contributed by atoms with Gasteiger partial charge < -0.3 is 0 Å². The highest BCUT2D eigenvalue weighted by Crippen LogP contribution is 2.21. The monoisotopic (exact) mass is 249 g/mol. The van der Waals surface area contributed by atoms with Crippen LogP contribution in [0.25, 0.3) is 0 Å². The third-order valence-corrected chi connectivity index (χ3v) is 3.87. The summed E-state index contributed by atoms with van der Waals surface area (Å²) in [5, 5.41) is 17.8. The Labute approximate surface area is 100 Å². The maximum atomic E-state index is 11.8. The molecule has 17 heavy (non-hydrogen) atoms. The molecule has 0 saturated carbocycles. The van der Waals surface area contributed by atoms with Crippen molar-refractivity contribution in [3.63, 3.8) is 0 Å². The molecule has 0 spiro atoms. The molecule has 0 unspecified atom stereocenters. The second-order valence-electron chi connectivity index (χ2n) is 3.34. The van der Waals surface area contributed by atoms with E-state index in [2.05, 4.69) is 4.72 Å². The van der Waals surface area contributed by atoms with Gasteiger partial charge in [-0.15, -0.1) is 0 Å². The summed E-state index contributed by atoms with van der Waals surface area (Å²) in [6, 6.07) is 6.43. The molecule has 1 N–H and O–H groups in total. The molecular formula is C11H11N3O2S. The van der Waals surface area contributed by atoms with Crippen LogP contribution in [0.4, 0.5) is 0 Å². The number of hydrogen-bond donors (Lipinski definition) is 1. The Morgan fingerprint density at radius 1 is 1.29 bits per heavy atom. The predicted molar refractivity (Wildman–Crippen MR) is 61.5 cm³/mol. The average molecular weight is 249 g/mol. The van der Waals surface area contributed by atoms with E-state index in [1.165, 1.54) is 12.1 Å². The second-order valence-corrected chi connectivity index (χ2v) is 5.07. The molecule has 5 nitrogen and oxygen atoms in total. The zero-order valence-electron chi connectivity index (χ0n) is 9.48. The van der Waals surface area contributed by atoms with Crippen LogP contribution < -0.4 is 4.72 Å². The topological polar surface area (TPSA) is 93.8 Å². The minimum Gasteiger partial charge on any atom is -0.211 e. The summed E-state index contributed by atoms with van der Waals surface area (Å²) in [5.74, 6) is 0. The number of hydrogen-bond acceptors (Lipinski definition) is 4. The van der Waals surface area contributed by atoms with Crippen molar-refractivity contribution in [1.82, 2.24) is 4.72 Å². The molecule has 0 bridgehead atoms. The number of nitrogens with zero attached hydrogens (tertiary/aromatic N) is 2. The molecule has 1 aromatic carbocycles. The van der Waals surface area contributed by atoms with Crippen molar-refractivity contribution >= 4 is 10.0 Å². The quantitative estimate of drug-likeness (QED) is 0.865. The minimum absolute atomic E-state index is 0.0185. The van der Waals surface area contributed by atoms with Gasteiger partial charge in [-0.05, 0) is 24.6 Å². The SMILES string of the molecule is CCNS(=O)(=O)c1ccc(C#N)c(C)c1C#N. The summed E-state index contributed by atoms with van der Waals surface area (Å²) in [5.41, 5.74) is 0.705. The normalized spacial score (nSPS) is 10.6. The highest BCUT2D eigenvalue weighted by molar-refractivity contribution is 7.89. The van der Waals surface area contributed by atoms with Crippen LogP contribution >= 0.6 is 0 Å². The average Bonchev–Trinajstić information content (AvgIpc) is 2.28. The number of rotatable bonds is 3. The lowest BCUT2D eigenvalue weighted by atomic mass is 10.0. The van der Waals surface area contributed by atoms with E-state index >= 15 is 0 Å². The standard InChI is InChI=1S/C11H11N3O2S/c1-3-14-17(15,16)11-5-4-9(6-12)8(2)10(11)7-13/h4-5,14H,3H2,1-2H3. The van der Waals surface area contributed by atoms with Crippen molar-refractivity contribution in [3.8, 4) is 12.1 Å². The molecule has 1 rings (SSSR count). The fourth-order valence-corrected chi connectivity index (χ4v) is 2.69. The molecule has 0 saturated heterocycles. The van der Waals surface area contributed by atoms with Crippen LogP contribution in [-0.4, -0.2) is 15.0 Å². The highest BCUT2D eigenvalue weighted by atomic mass is 32.2. The Morgan fingerprint density at radius 2 is 1.94 bits per heavy atom.